The largest absolute Gasteiger partial charge is 0.462 e. The van der Waals surface area contributed by atoms with Gasteiger partial charge in [0, 0.05) is 5.22 Å². The number of esters is 1. The minimum absolute atomic E-state index is 0.0540. The number of hydrogen-bond acceptors (Lipinski definition) is 4. The molecule has 0 heterocycles. The Morgan fingerprint density at radius 1 is 0.947 bits per heavy atom. The standard InChI is InChI=1S/C34H43NO3/c1-5-8-10-13-19-37-34(36)33(23-35)30-18-17-29(20-25(4)38-24-26(7-3)14-9-6-2)31-21-27-15-11-12-16-28(27)22-32(30)31/h11-12,15-18,20-22,25-26H,5-10,13-14,19,24H2,1-4H3/b29-20+,33-30-. The second-order valence-corrected chi connectivity index (χ2v) is 10.3. The lowest BCUT2D eigenvalue weighted by atomic mass is 9.98. The van der Waals surface area contributed by atoms with E-state index >= 15 is 0 Å². The zero-order chi connectivity index (χ0) is 27.3. The van der Waals surface area contributed by atoms with Crippen LogP contribution in [0.1, 0.15) is 79.1 Å². The van der Waals surface area contributed by atoms with Crippen molar-refractivity contribution in [2.75, 3.05) is 13.2 Å². The van der Waals surface area contributed by atoms with Gasteiger partial charge >= 0.3 is 5.97 Å². The molecule has 0 saturated heterocycles. The number of carbonyl (C=O) groups excluding carboxylic acids is 1. The number of hydrogen-bond donors (Lipinski definition) is 0. The monoisotopic (exact) mass is 513 g/mol. The minimum Gasteiger partial charge on any atom is -0.462 e. The van der Waals surface area contributed by atoms with Crippen LogP contribution in [0.2, 0.25) is 0 Å². The van der Waals surface area contributed by atoms with Crippen LogP contribution in [0.15, 0.2) is 48.5 Å². The molecule has 4 nitrogen and oxygen atoms in total. The number of nitriles is 1. The summed E-state index contributed by atoms with van der Waals surface area (Å²) >= 11 is 0. The molecule has 3 aromatic carbocycles. The Balaban J connectivity index is 2.02. The summed E-state index contributed by atoms with van der Waals surface area (Å²) in [6.07, 6.45) is 10.9. The molecule has 202 valence electrons. The third kappa shape index (κ3) is 7.92. The molecular weight excluding hydrogens is 470 g/mol. The van der Waals surface area contributed by atoms with Gasteiger partial charge in [-0.05, 0) is 70.7 Å². The van der Waals surface area contributed by atoms with Crippen molar-refractivity contribution in [2.24, 2.45) is 5.92 Å². The summed E-state index contributed by atoms with van der Waals surface area (Å²) in [6, 6.07) is 18.4. The van der Waals surface area contributed by atoms with Gasteiger partial charge in [0.25, 0.3) is 0 Å². The molecule has 2 atom stereocenters. The van der Waals surface area contributed by atoms with Crippen molar-refractivity contribution in [2.45, 2.75) is 85.2 Å². The number of rotatable bonds is 14. The Morgan fingerprint density at radius 2 is 1.66 bits per heavy atom. The Hall–Kier alpha value is -3.16. The Labute approximate surface area is 227 Å². The van der Waals surface area contributed by atoms with Gasteiger partial charge in [-0.15, -0.1) is 0 Å². The molecule has 4 heteroatoms. The molecule has 0 aromatic heterocycles. The smallest absolute Gasteiger partial charge is 0.349 e. The summed E-state index contributed by atoms with van der Waals surface area (Å²) < 4.78 is 11.7. The highest BCUT2D eigenvalue weighted by molar-refractivity contribution is 6.17. The molecule has 0 spiro atoms. The molecule has 0 bridgehead atoms. The maximum Gasteiger partial charge on any atom is 0.349 e. The van der Waals surface area contributed by atoms with E-state index < -0.39 is 5.97 Å². The second-order valence-electron chi connectivity index (χ2n) is 10.3. The molecule has 0 aliphatic carbocycles. The molecule has 3 rings (SSSR count). The average Bonchev–Trinajstić information content (AvgIpc) is 2.93. The fraction of sp³-hybridized carbons (Fsp3) is 0.471. The molecular formula is C34H43NO3. The van der Waals surface area contributed by atoms with Crippen LogP contribution in [0.4, 0.5) is 0 Å². The van der Waals surface area contributed by atoms with Crippen LogP contribution in [0.25, 0.3) is 33.2 Å². The number of fused-ring (bicyclic) bond motifs is 2. The van der Waals surface area contributed by atoms with Crippen LogP contribution in [0, 0.1) is 17.2 Å². The van der Waals surface area contributed by atoms with Gasteiger partial charge in [-0.25, -0.2) is 4.79 Å². The van der Waals surface area contributed by atoms with Crippen LogP contribution in [-0.4, -0.2) is 25.3 Å². The summed E-state index contributed by atoms with van der Waals surface area (Å²) in [5.41, 5.74) is 0.0540. The predicted octanol–water partition coefficient (Wildman–Crippen LogP) is 7.19. The van der Waals surface area contributed by atoms with Gasteiger partial charge in [-0.2, -0.15) is 5.26 Å². The Morgan fingerprint density at radius 3 is 2.32 bits per heavy atom. The van der Waals surface area contributed by atoms with E-state index in [1.165, 1.54) is 19.3 Å². The lowest BCUT2D eigenvalue weighted by molar-refractivity contribution is -0.136. The van der Waals surface area contributed by atoms with Crippen molar-refractivity contribution >= 4 is 39.2 Å². The zero-order valence-electron chi connectivity index (χ0n) is 23.6. The molecule has 0 N–H and O–H groups in total. The Bertz CT molecular complexity index is 1370. The van der Waals surface area contributed by atoms with Gasteiger partial charge in [0.05, 0.1) is 19.3 Å². The van der Waals surface area contributed by atoms with E-state index in [9.17, 15) is 10.1 Å². The first-order valence-electron chi connectivity index (χ1n) is 14.4. The first kappa shape index (κ1) is 29.4. The van der Waals surface area contributed by atoms with Gasteiger partial charge in [0.15, 0.2) is 0 Å². The fourth-order valence-corrected chi connectivity index (χ4v) is 4.89. The molecule has 0 aliphatic rings. The van der Waals surface area contributed by atoms with Crippen molar-refractivity contribution in [1.29, 1.82) is 5.26 Å². The third-order valence-corrected chi connectivity index (χ3v) is 7.29. The summed E-state index contributed by atoms with van der Waals surface area (Å²) in [4.78, 5) is 12.9. The second kappa shape index (κ2) is 15.3. The highest BCUT2D eigenvalue weighted by atomic mass is 16.5. The van der Waals surface area contributed by atoms with E-state index in [1.807, 2.05) is 24.3 Å². The maximum absolute atomic E-state index is 12.9. The normalized spacial score (nSPS) is 14.3. The third-order valence-electron chi connectivity index (χ3n) is 7.29. The number of ether oxygens (including phenoxy) is 2. The van der Waals surface area contributed by atoms with Crippen molar-refractivity contribution in [3.05, 3.63) is 59.0 Å². The minimum atomic E-state index is -0.551. The van der Waals surface area contributed by atoms with Gasteiger partial charge < -0.3 is 9.47 Å². The molecule has 2 unspecified atom stereocenters. The van der Waals surface area contributed by atoms with Crippen LogP contribution in [0.3, 0.4) is 0 Å². The molecule has 0 amide bonds. The van der Waals surface area contributed by atoms with Crippen molar-refractivity contribution in [3.63, 3.8) is 0 Å². The fourth-order valence-electron chi connectivity index (χ4n) is 4.89. The summed E-state index contributed by atoms with van der Waals surface area (Å²) in [6.45, 7) is 9.77. The number of unbranched alkanes of at least 4 members (excludes halogenated alkanes) is 4. The first-order chi connectivity index (χ1) is 18.5. The lowest BCUT2D eigenvalue weighted by Crippen LogP contribution is -2.21. The molecule has 38 heavy (non-hydrogen) atoms. The van der Waals surface area contributed by atoms with E-state index in [-0.39, 0.29) is 11.7 Å². The first-order valence-corrected chi connectivity index (χ1v) is 14.4. The number of nitrogens with zero attached hydrogens (tertiary/aromatic N) is 1. The van der Waals surface area contributed by atoms with Crippen LogP contribution >= 0.6 is 0 Å². The van der Waals surface area contributed by atoms with Crippen LogP contribution in [0.5, 0.6) is 0 Å². The van der Waals surface area contributed by atoms with Crippen LogP contribution in [-0.2, 0) is 14.3 Å². The van der Waals surface area contributed by atoms with E-state index in [0.717, 1.165) is 65.5 Å². The van der Waals surface area contributed by atoms with Crippen molar-refractivity contribution in [1.82, 2.24) is 0 Å². The highest BCUT2D eigenvalue weighted by Crippen LogP contribution is 2.20. The lowest BCUT2D eigenvalue weighted by Gasteiger charge is -2.17. The van der Waals surface area contributed by atoms with Crippen LogP contribution < -0.4 is 10.4 Å². The number of carbonyl (C=O) groups is 1. The van der Waals surface area contributed by atoms with Gasteiger partial charge in [-0.3, -0.25) is 0 Å². The topological polar surface area (TPSA) is 59.3 Å². The quantitative estimate of drug-likeness (QED) is 0.130. The SMILES string of the molecule is CCCCCCOC(=O)/C(C#N)=c1/cc/c(=C\C(C)OCC(CC)CCCC)c2cc3ccccc3cc12. The van der Waals surface area contributed by atoms with E-state index in [4.69, 9.17) is 9.47 Å². The Kier molecular flexibility index (Phi) is 11.8. The van der Waals surface area contributed by atoms with Crippen molar-refractivity contribution in [3.8, 4) is 6.07 Å². The van der Waals surface area contributed by atoms with Crippen molar-refractivity contribution < 1.29 is 14.3 Å². The zero-order valence-corrected chi connectivity index (χ0v) is 23.6. The maximum atomic E-state index is 12.9. The predicted molar refractivity (Wildman–Crippen MR) is 158 cm³/mol. The molecule has 0 aliphatic heterocycles. The summed E-state index contributed by atoms with van der Waals surface area (Å²) in [7, 11) is 0. The number of benzene rings is 3. The van der Waals surface area contributed by atoms with E-state index in [0.29, 0.717) is 17.7 Å². The molecule has 0 saturated carbocycles. The highest BCUT2D eigenvalue weighted by Gasteiger charge is 2.15. The van der Waals surface area contributed by atoms with Gasteiger partial charge in [-0.1, -0.05) is 95.7 Å². The molecule has 3 aromatic rings. The molecule has 0 radical (unpaired) electrons. The summed E-state index contributed by atoms with van der Waals surface area (Å²) in [5.74, 6) is 0.0270. The van der Waals surface area contributed by atoms with E-state index in [2.05, 4.69) is 64.1 Å². The summed E-state index contributed by atoms with van der Waals surface area (Å²) in [5, 5.41) is 15.7. The average molecular weight is 514 g/mol. The van der Waals surface area contributed by atoms with Gasteiger partial charge in [0.1, 0.15) is 11.6 Å². The van der Waals surface area contributed by atoms with E-state index in [1.54, 1.807) is 0 Å². The van der Waals surface area contributed by atoms with Gasteiger partial charge in [0.2, 0.25) is 0 Å². The molecule has 0 fully saturated rings.